The lowest BCUT2D eigenvalue weighted by molar-refractivity contribution is 0.0500. The van der Waals surface area contributed by atoms with Crippen LogP contribution in [-0.4, -0.2) is 44.1 Å². The summed E-state index contributed by atoms with van der Waals surface area (Å²) in [5, 5.41) is 8.20. The second-order valence-corrected chi connectivity index (χ2v) is 1.33. The smallest absolute Gasteiger partial charge is 0.0701 e. The number of hydrogen-bond donors (Lipinski definition) is 1. The molecule has 0 aromatic carbocycles. The molecule has 0 aliphatic rings. The van der Waals surface area contributed by atoms with Crippen molar-refractivity contribution in [1.82, 2.24) is 0 Å². The van der Waals surface area contributed by atoms with Gasteiger partial charge in [0.15, 0.2) is 0 Å². The third-order valence-corrected chi connectivity index (χ3v) is 0.667. The Bertz CT molecular complexity index is 33.9. The Hall–Kier alpha value is -0.160. The van der Waals surface area contributed by atoms with Crippen LogP contribution >= 0.6 is 0 Å². The van der Waals surface area contributed by atoms with Gasteiger partial charge in [-0.25, -0.2) is 0 Å². The molecule has 0 aromatic heterocycles. The zero-order valence-electron chi connectivity index (χ0n) is 5.59. The number of ether oxygens (including phenoxy) is 2. The molecule has 3 N–H and O–H groups in total. The monoisotopic (exact) mass is 138 g/mol. The van der Waals surface area contributed by atoms with E-state index >= 15 is 0 Å². The van der Waals surface area contributed by atoms with Crippen LogP contribution in [-0.2, 0) is 9.47 Å². The van der Waals surface area contributed by atoms with Crippen LogP contribution in [0.3, 0.4) is 0 Å². The van der Waals surface area contributed by atoms with E-state index in [4.69, 9.17) is 9.84 Å². The van der Waals surface area contributed by atoms with Gasteiger partial charge in [-0.1, -0.05) is 0 Å². The van der Waals surface area contributed by atoms with Gasteiger partial charge < -0.3 is 20.1 Å². The number of rotatable bonds is 5. The molecule has 0 unspecified atom stereocenters. The summed E-state index contributed by atoms with van der Waals surface area (Å²) in [5.74, 6) is 0. The molecule has 0 rings (SSSR count). The highest BCUT2D eigenvalue weighted by molar-refractivity contribution is 4.26. The predicted octanol–water partition coefficient (Wildman–Crippen LogP) is -1.18. The molecule has 0 radical (unpaired) electrons. The van der Waals surface area contributed by atoms with Gasteiger partial charge in [0.2, 0.25) is 0 Å². The molecule has 0 bridgehead atoms. The van der Waals surface area contributed by atoms with E-state index in [9.17, 15) is 0 Å². The molecular weight excluding hydrogens is 124 g/mol. The average Bonchev–Trinajstić information content (AvgIpc) is 1.81. The van der Waals surface area contributed by atoms with Crippen LogP contribution in [0.25, 0.3) is 0 Å². The molecule has 0 amide bonds. The Labute approximate surface area is 54.7 Å². The minimum absolute atomic E-state index is 0. The molecule has 58 valence electrons. The fourth-order valence-electron chi connectivity index (χ4n) is 0.309. The Morgan fingerprint density at radius 3 is 2.33 bits per heavy atom. The Balaban J connectivity index is 0. The molecule has 0 aromatic rings. The lowest BCUT2D eigenvalue weighted by atomic mass is 10.7. The zero-order valence-corrected chi connectivity index (χ0v) is 5.59. The van der Waals surface area contributed by atoms with E-state index in [1.165, 1.54) is 0 Å². The van der Waals surface area contributed by atoms with Crippen LogP contribution in [0.1, 0.15) is 0 Å². The first-order valence-corrected chi connectivity index (χ1v) is 2.59. The van der Waals surface area contributed by atoms with E-state index in [0.29, 0.717) is 19.8 Å². The maximum atomic E-state index is 8.20. The Morgan fingerprint density at radius 2 is 1.89 bits per heavy atom. The summed E-state index contributed by atoms with van der Waals surface area (Å²) < 4.78 is 9.53. The third-order valence-electron chi connectivity index (χ3n) is 0.667. The summed E-state index contributed by atoms with van der Waals surface area (Å²) in [4.78, 5) is 0. The molecule has 0 fully saturated rings. The largest absolute Gasteiger partial charge is 0.412 e. The third kappa shape index (κ3) is 11.4. The molecule has 0 saturated carbocycles. The molecule has 0 spiro atoms. The van der Waals surface area contributed by atoms with Gasteiger partial charge >= 0.3 is 0 Å². The SMILES string of the molecule is COCCOCCO.O. The maximum Gasteiger partial charge on any atom is 0.0701 e. The van der Waals surface area contributed by atoms with Gasteiger partial charge in [0.1, 0.15) is 0 Å². The molecule has 0 atom stereocenters. The van der Waals surface area contributed by atoms with Crippen LogP contribution in [0.4, 0.5) is 0 Å². The first-order chi connectivity index (χ1) is 3.91. The second-order valence-electron chi connectivity index (χ2n) is 1.33. The lowest BCUT2D eigenvalue weighted by Gasteiger charge is -1.98. The summed E-state index contributed by atoms with van der Waals surface area (Å²) in [5.41, 5.74) is 0. The average molecular weight is 138 g/mol. The summed E-state index contributed by atoms with van der Waals surface area (Å²) >= 11 is 0. The molecule has 0 saturated heterocycles. The van der Waals surface area contributed by atoms with Gasteiger partial charge in [-0.05, 0) is 0 Å². The lowest BCUT2D eigenvalue weighted by Crippen LogP contribution is -2.05. The standard InChI is InChI=1S/C5H12O3.H2O/c1-7-4-5-8-3-2-6;/h6H,2-5H2,1H3;1H2. The van der Waals surface area contributed by atoms with E-state index in [0.717, 1.165) is 0 Å². The summed E-state index contributed by atoms with van der Waals surface area (Å²) in [6.07, 6.45) is 0. The summed E-state index contributed by atoms with van der Waals surface area (Å²) in [7, 11) is 1.61. The highest BCUT2D eigenvalue weighted by Gasteiger charge is 1.82. The van der Waals surface area contributed by atoms with Gasteiger partial charge in [0, 0.05) is 7.11 Å². The van der Waals surface area contributed by atoms with Crippen LogP contribution in [0.5, 0.6) is 0 Å². The van der Waals surface area contributed by atoms with Crippen molar-refractivity contribution in [2.75, 3.05) is 33.5 Å². The van der Waals surface area contributed by atoms with E-state index < -0.39 is 0 Å². The van der Waals surface area contributed by atoms with Gasteiger partial charge in [-0.3, -0.25) is 0 Å². The van der Waals surface area contributed by atoms with E-state index in [-0.39, 0.29) is 12.1 Å². The van der Waals surface area contributed by atoms with Crippen molar-refractivity contribution in [3.8, 4) is 0 Å². The number of methoxy groups -OCH3 is 1. The molecule has 0 heterocycles. The van der Waals surface area contributed by atoms with Crippen LogP contribution in [0, 0.1) is 0 Å². The minimum atomic E-state index is 0. The van der Waals surface area contributed by atoms with Crippen LogP contribution < -0.4 is 0 Å². The van der Waals surface area contributed by atoms with E-state index in [1.807, 2.05) is 0 Å². The van der Waals surface area contributed by atoms with Gasteiger partial charge in [-0.2, -0.15) is 0 Å². The van der Waals surface area contributed by atoms with Crippen molar-refractivity contribution in [1.29, 1.82) is 0 Å². The van der Waals surface area contributed by atoms with Crippen molar-refractivity contribution in [2.24, 2.45) is 0 Å². The van der Waals surface area contributed by atoms with E-state index in [2.05, 4.69) is 4.74 Å². The molecular formula is C5H14O4. The molecule has 0 aliphatic carbocycles. The highest BCUT2D eigenvalue weighted by atomic mass is 16.5. The fraction of sp³-hybridized carbons (Fsp3) is 1.00. The molecule has 0 aliphatic heterocycles. The van der Waals surface area contributed by atoms with Gasteiger partial charge in [-0.15, -0.1) is 0 Å². The van der Waals surface area contributed by atoms with Crippen molar-refractivity contribution in [3.63, 3.8) is 0 Å². The zero-order chi connectivity index (χ0) is 6.24. The first kappa shape index (κ1) is 11.6. The first-order valence-electron chi connectivity index (χ1n) is 2.59. The van der Waals surface area contributed by atoms with Gasteiger partial charge in [0.25, 0.3) is 0 Å². The summed E-state index contributed by atoms with van der Waals surface area (Å²) in [6, 6.07) is 0. The van der Waals surface area contributed by atoms with Crippen molar-refractivity contribution >= 4 is 0 Å². The number of aliphatic hydroxyl groups is 1. The Morgan fingerprint density at radius 1 is 1.22 bits per heavy atom. The quantitative estimate of drug-likeness (QED) is 0.486. The maximum absolute atomic E-state index is 8.20. The molecule has 4 nitrogen and oxygen atoms in total. The predicted molar refractivity (Wildman–Crippen MR) is 33.4 cm³/mol. The molecule has 4 heteroatoms. The second kappa shape index (κ2) is 10.8. The topological polar surface area (TPSA) is 70.2 Å². The number of aliphatic hydroxyl groups excluding tert-OH is 1. The summed E-state index contributed by atoms with van der Waals surface area (Å²) in [6.45, 7) is 1.66. The number of hydrogen-bond acceptors (Lipinski definition) is 3. The minimum Gasteiger partial charge on any atom is -0.412 e. The van der Waals surface area contributed by atoms with E-state index in [1.54, 1.807) is 7.11 Å². The normalized spacial score (nSPS) is 8.67. The molecule has 9 heavy (non-hydrogen) atoms. The van der Waals surface area contributed by atoms with Crippen molar-refractivity contribution in [3.05, 3.63) is 0 Å². The van der Waals surface area contributed by atoms with Crippen LogP contribution in [0.2, 0.25) is 0 Å². The van der Waals surface area contributed by atoms with Crippen molar-refractivity contribution < 1.29 is 20.1 Å². The van der Waals surface area contributed by atoms with Crippen LogP contribution in [0.15, 0.2) is 0 Å². The highest BCUT2D eigenvalue weighted by Crippen LogP contribution is 1.72. The van der Waals surface area contributed by atoms with Gasteiger partial charge in [0.05, 0.1) is 26.4 Å². The van der Waals surface area contributed by atoms with Crippen molar-refractivity contribution in [2.45, 2.75) is 0 Å². The Kier molecular flexibility index (Phi) is 13.9. The fourth-order valence-corrected chi connectivity index (χ4v) is 0.309.